The topological polar surface area (TPSA) is 196 Å². The van der Waals surface area contributed by atoms with Crippen LogP contribution in [-0.4, -0.2) is 77.5 Å². The number of aliphatic hydroxyl groups excluding tert-OH is 5. The molecule has 0 fully saturated rings. The van der Waals surface area contributed by atoms with E-state index in [4.69, 9.17) is 44.8 Å². The second-order valence-corrected chi connectivity index (χ2v) is 3.90. The Morgan fingerprint density at radius 2 is 1.35 bits per heavy atom. The molecule has 0 aliphatic rings. The van der Waals surface area contributed by atoms with Gasteiger partial charge in [-0.05, 0) is 0 Å². The molecule has 0 aliphatic heterocycles. The summed E-state index contributed by atoms with van der Waals surface area (Å²) in [6.07, 6.45) is -6.84. The van der Waals surface area contributed by atoms with Crippen molar-refractivity contribution in [2.75, 3.05) is 6.61 Å². The highest BCUT2D eigenvalue weighted by molar-refractivity contribution is 7.45. The highest BCUT2D eigenvalue weighted by Gasteiger charge is 2.29. The Bertz CT molecular complexity index is 243. The fourth-order valence-corrected chi connectivity index (χ4v) is 0.618. The predicted molar refractivity (Wildman–Crippen MR) is 51.4 cm³/mol. The van der Waals surface area contributed by atoms with E-state index in [0.29, 0.717) is 0 Å². The Hall–Kier alpha value is -0.420. The number of hydrogen-bond acceptors (Lipinski definition) is 7. The van der Waals surface area contributed by atoms with E-state index in [-0.39, 0.29) is 6.29 Å². The van der Waals surface area contributed by atoms with Gasteiger partial charge >= 0.3 is 7.82 Å². The van der Waals surface area contributed by atoms with Crippen LogP contribution in [0.2, 0.25) is 0 Å². The van der Waals surface area contributed by atoms with Crippen LogP contribution in [0.4, 0.5) is 0 Å². The van der Waals surface area contributed by atoms with E-state index >= 15 is 0 Å². The van der Waals surface area contributed by atoms with Gasteiger partial charge in [0.25, 0.3) is 0 Å². The van der Waals surface area contributed by atoms with Gasteiger partial charge in [0.2, 0.25) is 0 Å². The summed E-state index contributed by atoms with van der Waals surface area (Å²) in [6.45, 7) is -0.760. The standard InChI is InChI=1S/C6H12O6.H3O4P/c7-1-3(9)5(11)6(12)4(10)2-8;1-5(2,3)4/h1,3-6,8-12H,2H2;(H3,1,2,3,4)/t3-,4+,5+,6-;/m1./s1. The molecule has 0 aliphatic carbocycles. The third-order valence-electron chi connectivity index (χ3n) is 1.42. The quantitative estimate of drug-likeness (QED) is 0.180. The maximum atomic E-state index is 9.90. The number of hydrogen-bond donors (Lipinski definition) is 8. The van der Waals surface area contributed by atoms with Crippen molar-refractivity contribution in [1.82, 2.24) is 0 Å². The average Bonchev–Trinajstić information content (AvgIpc) is 2.22. The third kappa shape index (κ3) is 11.8. The van der Waals surface area contributed by atoms with Crippen LogP contribution in [-0.2, 0) is 9.36 Å². The molecule has 4 atom stereocenters. The van der Waals surface area contributed by atoms with Gasteiger partial charge in [0.1, 0.15) is 24.4 Å². The lowest BCUT2D eigenvalue weighted by Gasteiger charge is -2.22. The van der Waals surface area contributed by atoms with Gasteiger partial charge in [0, 0.05) is 0 Å². The Labute approximate surface area is 95.6 Å². The van der Waals surface area contributed by atoms with Crippen LogP contribution >= 0.6 is 7.82 Å². The van der Waals surface area contributed by atoms with Crippen molar-refractivity contribution < 1.29 is 49.6 Å². The van der Waals surface area contributed by atoms with Crippen molar-refractivity contribution in [3.63, 3.8) is 0 Å². The smallest absolute Gasteiger partial charge is 0.394 e. The Morgan fingerprint density at radius 3 is 1.59 bits per heavy atom. The first-order valence-electron chi connectivity index (χ1n) is 4.11. The summed E-state index contributed by atoms with van der Waals surface area (Å²) in [6, 6.07) is 0. The molecule has 17 heavy (non-hydrogen) atoms. The lowest BCUT2D eigenvalue weighted by Crippen LogP contribution is -2.46. The minimum atomic E-state index is -4.64. The first kappa shape index (κ1) is 18.9. The molecule has 0 amide bonds. The van der Waals surface area contributed by atoms with Crippen molar-refractivity contribution >= 4 is 14.1 Å². The lowest BCUT2D eigenvalue weighted by atomic mass is 10.0. The molecule has 0 heterocycles. The zero-order valence-electron chi connectivity index (χ0n) is 8.44. The summed E-state index contributed by atoms with van der Waals surface area (Å²) in [5.74, 6) is 0. The minimum Gasteiger partial charge on any atom is -0.394 e. The van der Waals surface area contributed by atoms with Gasteiger partial charge in [0.05, 0.1) is 6.61 Å². The summed E-state index contributed by atoms with van der Waals surface area (Å²) in [5.41, 5.74) is 0. The van der Waals surface area contributed by atoms with Gasteiger partial charge in [-0.15, -0.1) is 0 Å². The van der Waals surface area contributed by atoms with Crippen LogP contribution in [0.5, 0.6) is 0 Å². The van der Waals surface area contributed by atoms with E-state index in [9.17, 15) is 4.79 Å². The van der Waals surface area contributed by atoms with E-state index in [1.165, 1.54) is 0 Å². The molecule has 0 unspecified atom stereocenters. The number of carbonyl (C=O) groups is 1. The van der Waals surface area contributed by atoms with E-state index in [1.54, 1.807) is 0 Å². The van der Waals surface area contributed by atoms with Crippen LogP contribution in [0.25, 0.3) is 0 Å². The van der Waals surface area contributed by atoms with Crippen LogP contribution in [0.1, 0.15) is 0 Å². The zero-order valence-corrected chi connectivity index (χ0v) is 9.33. The molecular weight excluding hydrogens is 263 g/mol. The Balaban J connectivity index is 0. The largest absolute Gasteiger partial charge is 0.466 e. The second kappa shape index (κ2) is 8.64. The van der Waals surface area contributed by atoms with E-state index < -0.39 is 38.8 Å². The molecule has 0 rings (SSSR count). The van der Waals surface area contributed by atoms with Gasteiger partial charge in [-0.25, -0.2) is 4.57 Å². The number of rotatable bonds is 5. The molecule has 0 radical (unpaired) electrons. The summed E-state index contributed by atoms with van der Waals surface area (Å²) in [4.78, 5) is 31.5. The molecule has 0 aromatic heterocycles. The number of carbonyl (C=O) groups excluding carboxylic acids is 1. The Morgan fingerprint density at radius 1 is 1.00 bits per heavy atom. The molecule has 0 aromatic rings. The predicted octanol–water partition coefficient (Wildman–Crippen LogP) is -4.31. The monoisotopic (exact) mass is 278 g/mol. The van der Waals surface area contributed by atoms with Gasteiger partial charge in [-0.1, -0.05) is 0 Å². The van der Waals surface area contributed by atoms with Crippen LogP contribution in [0.3, 0.4) is 0 Å². The normalized spacial score (nSPS) is 18.4. The van der Waals surface area contributed by atoms with Crippen LogP contribution < -0.4 is 0 Å². The molecule has 0 spiro atoms. The van der Waals surface area contributed by atoms with E-state index in [1.807, 2.05) is 0 Å². The van der Waals surface area contributed by atoms with Gasteiger partial charge in [0.15, 0.2) is 6.29 Å². The molecule has 0 saturated heterocycles. The van der Waals surface area contributed by atoms with E-state index in [0.717, 1.165) is 0 Å². The number of aliphatic hydroxyl groups is 5. The van der Waals surface area contributed by atoms with Crippen molar-refractivity contribution in [2.45, 2.75) is 24.4 Å². The zero-order chi connectivity index (χ0) is 14.2. The highest BCUT2D eigenvalue weighted by Crippen LogP contribution is 2.25. The summed E-state index contributed by atoms with van der Waals surface area (Å²) < 4.78 is 8.88. The molecule has 104 valence electrons. The molecule has 0 saturated carbocycles. The SMILES string of the molecule is O=C[C@@H](O)[C@H](O)[C@H](O)[C@@H](O)CO.O=P(O)(O)O. The van der Waals surface area contributed by atoms with Crippen molar-refractivity contribution in [1.29, 1.82) is 0 Å². The molecule has 0 aromatic carbocycles. The van der Waals surface area contributed by atoms with Gasteiger partial charge in [-0.3, -0.25) is 0 Å². The molecule has 0 bridgehead atoms. The molecular formula is C6H15O10P. The maximum absolute atomic E-state index is 9.90. The summed E-state index contributed by atoms with van der Waals surface area (Å²) >= 11 is 0. The first-order valence-corrected chi connectivity index (χ1v) is 5.67. The number of phosphoric acid groups is 1. The fraction of sp³-hybridized carbons (Fsp3) is 0.833. The van der Waals surface area contributed by atoms with Crippen LogP contribution in [0.15, 0.2) is 0 Å². The van der Waals surface area contributed by atoms with Gasteiger partial charge < -0.3 is 45.0 Å². The van der Waals surface area contributed by atoms with Crippen molar-refractivity contribution in [3.8, 4) is 0 Å². The second-order valence-electron chi connectivity index (χ2n) is 2.87. The average molecular weight is 278 g/mol. The Kier molecular flexibility index (Phi) is 9.62. The maximum Gasteiger partial charge on any atom is 0.466 e. The summed E-state index contributed by atoms with van der Waals surface area (Å²) in [5, 5.41) is 43.5. The fourth-order valence-electron chi connectivity index (χ4n) is 0.618. The van der Waals surface area contributed by atoms with E-state index in [2.05, 4.69) is 0 Å². The number of aldehydes is 1. The van der Waals surface area contributed by atoms with Crippen molar-refractivity contribution in [2.24, 2.45) is 0 Å². The minimum absolute atomic E-state index is 0.0258. The van der Waals surface area contributed by atoms with Crippen LogP contribution in [0, 0.1) is 0 Å². The first-order chi connectivity index (χ1) is 7.54. The lowest BCUT2D eigenvalue weighted by molar-refractivity contribution is -0.136. The highest BCUT2D eigenvalue weighted by atomic mass is 31.2. The van der Waals surface area contributed by atoms with Gasteiger partial charge in [-0.2, -0.15) is 0 Å². The third-order valence-corrected chi connectivity index (χ3v) is 1.42. The summed E-state index contributed by atoms with van der Waals surface area (Å²) in [7, 11) is -4.64. The molecule has 10 nitrogen and oxygen atoms in total. The molecule has 8 N–H and O–H groups in total. The molecule has 11 heteroatoms. The van der Waals surface area contributed by atoms with Crippen molar-refractivity contribution in [3.05, 3.63) is 0 Å².